The van der Waals surface area contributed by atoms with Crippen molar-refractivity contribution in [3.8, 4) is 0 Å². The molecule has 1 aromatic rings. The van der Waals surface area contributed by atoms with Crippen molar-refractivity contribution in [1.82, 2.24) is 15.5 Å². The van der Waals surface area contributed by atoms with Crippen LogP contribution in [0.4, 0.5) is 4.79 Å². The van der Waals surface area contributed by atoms with Crippen LogP contribution in [0.5, 0.6) is 0 Å². The van der Waals surface area contributed by atoms with Gasteiger partial charge >= 0.3 is 6.09 Å². The van der Waals surface area contributed by atoms with Crippen LogP contribution >= 0.6 is 24.0 Å². The molecule has 0 aliphatic rings. The van der Waals surface area contributed by atoms with Crippen molar-refractivity contribution < 1.29 is 14.6 Å². The molecule has 0 saturated heterocycles. The van der Waals surface area contributed by atoms with Crippen LogP contribution in [0.1, 0.15) is 38.8 Å². The highest BCUT2D eigenvalue weighted by Crippen LogP contribution is 2.12. The summed E-state index contributed by atoms with van der Waals surface area (Å²) in [6.07, 6.45) is -0.337. The molecule has 0 aromatic heterocycles. The maximum Gasteiger partial charge on any atom is 0.410 e. The Labute approximate surface area is 179 Å². The van der Waals surface area contributed by atoms with E-state index in [1.165, 1.54) is 0 Å². The Hall–Kier alpha value is -1.55. The Morgan fingerprint density at radius 2 is 1.78 bits per heavy atom. The molecule has 1 amide bonds. The van der Waals surface area contributed by atoms with Crippen LogP contribution in [0.25, 0.3) is 0 Å². The number of amides is 1. The number of guanidine groups is 1. The van der Waals surface area contributed by atoms with Gasteiger partial charge in [0.05, 0.1) is 13.2 Å². The molecule has 0 aliphatic carbocycles. The zero-order valence-electron chi connectivity index (χ0n) is 16.9. The Bertz CT molecular complexity index is 586. The number of aliphatic imine (C=N–C) groups is 1. The third-order valence-corrected chi connectivity index (χ3v) is 3.32. The Balaban J connectivity index is 0.00000676. The first-order valence-electron chi connectivity index (χ1n) is 8.90. The lowest BCUT2D eigenvalue weighted by Crippen LogP contribution is -2.38. The number of rotatable bonds is 7. The quantitative estimate of drug-likeness (QED) is 0.310. The van der Waals surface area contributed by atoms with Crippen molar-refractivity contribution in [1.29, 1.82) is 0 Å². The summed E-state index contributed by atoms with van der Waals surface area (Å²) in [5.41, 5.74) is 1.59. The lowest BCUT2D eigenvalue weighted by Gasteiger charge is -2.24. The van der Waals surface area contributed by atoms with Crippen LogP contribution in [-0.4, -0.2) is 54.4 Å². The van der Waals surface area contributed by atoms with Gasteiger partial charge in [-0.2, -0.15) is 0 Å². The second kappa shape index (κ2) is 12.8. The van der Waals surface area contributed by atoms with Crippen molar-refractivity contribution in [3.63, 3.8) is 0 Å². The third kappa shape index (κ3) is 11.0. The minimum atomic E-state index is -0.499. The summed E-state index contributed by atoms with van der Waals surface area (Å²) < 4.78 is 5.35. The van der Waals surface area contributed by atoms with E-state index in [9.17, 15) is 4.79 Å². The van der Waals surface area contributed by atoms with Gasteiger partial charge in [0.25, 0.3) is 0 Å². The second-order valence-electron chi connectivity index (χ2n) is 7.00. The fourth-order valence-electron chi connectivity index (χ4n) is 2.11. The first-order chi connectivity index (χ1) is 12.2. The summed E-state index contributed by atoms with van der Waals surface area (Å²) in [7, 11) is 1.72. The third-order valence-electron chi connectivity index (χ3n) is 3.32. The summed E-state index contributed by atoms with van der Waals surface area (Å²) in [5, 5.41) is 15.1. The van der Waals surface area contributed by atoms with Crippen LogP contribution in [0.2, 0.25) is 0 Å². The van der Waals surface area contributed by atoms with E-state index in [1.807, 2.05) is 52.0 Å². The highest BCUT2D eigenvalue weighted by molar-refractivity contribution is 14.0. The van der Waals surface area contributed by atoms with Gasteiger partial charge in [0, 0.05) is 26.7 Å². The Kier molecular flexibility index (Phi) is 12.0. The van der Waals surface area contributed by atoms with Gasteiger partial charge in [0.1, 0.15) is 5.60 Å². The molecular formula is C19H33IN4O3. The molecule has 0 atom stereocenters. The number of ether oxygens (including phenoxy) is 1. The smallest absolute Gasteiger partial charge is 0.410 e. The van der Waals surface area contributed by atoms with Crippen molar-refractivity contribution in [3.05, 3.63) is 35.4 Å². The number of hydrogen-bond acceptors (Lipinski definition) is 4. The van der Waals surface area contributed by atoms with Gasteiger partial charge in [-0.3, -0.25) is 0 Å². The van der Waals surface area contributed by atoms with E-state index >= 15 is 0 Å². The van der Waals surface area contributed by atoms with Crippen LogP contribution < -0.4 is 10.6 Å². The molecule has 0 aliphatic heterocycles. The van der Waals surface area contributed by atoms with E-state index in [-0.39, 0.29) is 36.7 Å². The molecule has 0 fully saturated rings. The summed E-state index contributed by atoms with van der Waals surface area (Å²) >= 11 is 0. The molecule has 3 N–H and O–H groups in total. The molecule has 8 heteroatoms. The molecule has 1 aromatic carbocycles. The van der Waals surface area contributed by atoms with Crippen LogP contribution in [-0.2, 0) is 17.8 Å². The molecule has 0 bridgehead atoms. The molecule has 7 nitrogen and oxygen atoms in total. The number of carbonyl (C=O) groups excluding carboxylic acids is 1. The molecular weight excluding hydrogens is 459 g/mol. The van der Waals surface area contributed by atoms with Gasteiger partial charge in [-0.15, -0.1) is 24.0 Å². The molecule has 0 spiro atoms. The van der Waals surface area contributed by atoms with Crippen molar-refractivity contribution in [2.45, 2.75) is 46.4 Å². The molecule has 0 radical (unpaired) electrons. The zero-order chi connectivity index (χ0) is 19.6. The zero-order valence-corrected chi connectivity index (χ0v) is 19.2. The van der Waals surface area contributed by atoms with Crippen molar-refractivity contribution >= 4 is 36.0 Å². The monoisotopic (exact) mass is 492 g/mol. The van der Waals surface area contributed by atoms with Gasteiger partial charge < -0.3 is 25.4 Å². The highest BCUT2D eigenvalue weighted by Gasteiger charge is 2.19. The molecule has 0 saturated carbocycles. The standard InChI is InChI=1S/C19H32N4O3.HI/c1-6-20-17(21-11-12-24)22-13-15-7-9-16(10-8-15)14-23(5)18(25)26-19(2,3)4;/h7-10,24H,6,11-14H2,1-5H3,(H2,20,21,22);1H. The summed E-state index contributed by atoms with van der Waals surface area (Å²) in [4.78, 5) is 18.0. The predicted octanol–water partition coefficient (Wildman–Crippen LogP) is 2.72. The fourth-order valence-corrected chi connectivity index (χ4v) is 2.11. The summed E-state index contributed by atoms with van der Waals surface area (Å²) in [5.74, 6) is 0.676. The van der Waals surface area contributed by atoms with Gasteiger partial charge in [-0.1, -0.05) is 24.3 Å². The number of aliphatic hydroxyl groups is 1. The van der Waals surface area contributed by atoms with Gasteiger partial charge in [-0.25, -0.2) is 9.79 Å². The van der Waals surface area contributed by atoms with Gasteiger partial charge in [-0.05, 0) is 38.8 Å². The van der Waals surface area contributed by atoms with Crippen LogP contribution in [0.15, 0.2) is 29.3 Å². The maximum absolute atomic E-state index is 12.0. The lowest BCUT2D eigenvalue weighted by atomic mass is 10.1. The predicted molar refractivity (Wildman–Crippen MR) is 119 cm³/mol. The van der Waals surface area contributed by atoms with E-state index in [4.69, 9.17) is 9.84 Å². The van der Waals surface area contributed by atoms with Crippen LogP contribution in [0.3, 0.4) is 0 Å². The van der Waals surface area contributed by atoms with E-state index < -0.39 is 5.60 Å². The molecule has 27 heavy (non-hydrogen) atoms. The molecule has 0 heterocycles. The number of carbonyl (C=O) groups is 1. The first-order valence-corrected chi connectivity index (χ1v) is 8.90. The lowest BCUT2D eigenvalue weighted by molar-refractivity contribution is 0.0285. The molecule has 154 valence electrons. The highest BCUT2D eigenvalue weighted by atomic mass is 127. The fraction of sp³-hybridized carbons (Fsp3) is 0.579. The van der Waals surface area contributed by atoms with Crippen LogP contribution in [0, 0.1) is 0 Å². The largest absolute Gasteiger partial charge is 0.444 e. The number of nitrogens with zero attached hydrogens (tertiary/aromatic N) is 2. The Morgan fingerprint density at radius 3 is 2.30 bits per heavy atom. The van der Waals surface area contributed by atoms with Gasteiger partial charge in [0.15, 0.2) is 5.96 Å². The Morgan fingerprint density at radius 1 is 1.19 bits per heavy atom. The first kappa shape index (κ1) is 25.4. The SMILES string of the molecule is CCNC(=NCc1ccc(CN(C)C(=O)OC(C)(C)C)cc1)NCCO.I. The maximum atomic E-state index is 12.0. The number of nitrogens with one attached hydrogen (secondary N) is 2. The normalized spacial score (nSPS) is 11.4. The van der Waals surface area contributed by atoms with E-state index in [2.05, 4.69) is 15.6 Å². The average molecular weight is 492 g/mol. The minimum absolute atomic E-state index is 0. The number of benzene rings is 1. The number of hydrogen-bond donors (Lipinski definition) is 3. The van der Waals surface area contributed by atoms with Gasteiger partial charge in [0.2, 0.25) is 0 Å². The second-order valence-corrected chi connectivity index (χ2v) is 7.00. The molecule has 1 rings (SSSR count). The number of halogens is 1. The molecule has 0 unspecified atom stereocenters. The summed E-state index contributed by atoms with van der Waals surface area (Å²) in [6.45, 7) is 9.84. The number of aliphatic hydroxyl groups excluding tert-OH is 1. The average Bonchev–Trinajstić information content (AvgIpc) is 2.57. The van der Waals surface area contributed by atoms with Crippen molar-refractivity contribution in [2.75, 3.05) is 26.7 Å². The summed E-state index contributed by atoms with van der Waals surface area (Å²) in [6, 6.07) is 7.97. The van der Waals surface area contributed by atoms with E-state index in [0.29, 0.717) is 25.6 Å². The minimum Gasteiger partial charge on any atom is -0.444 e. The topological polar surface area (TPSA) is 86.2 Å². The van der Waals surface area contributed by atoms with Crippen molar-refractivity contribution in [2.24, 2.45) is 4.99 Å². The van der Waals surface area contributed by atoms with E-state index in [1.54, 1.807) is 11.9 Å². The van der Waals surface area contributed by atoms with E-state index in [0.717, 1.165) is 17.7 Å².